The van der Waals surface area contributed by atoms with Gasteiger partial charge in [-0.3, -0.25) is 0 Å². The number of hydrogen-bond donors (Lipinski definition) is 3. The molecule has 1 saturated heterocycles. The summed E-state index contributed by atoms with van der Waals surface area (Å²) in [5.74, 6) is 0. The molecule has 2 aromatic carbocycles. The number of aliphatic hydroxyl groups excluding tert-OH is 2. The van der Waals surface area contributed by atoms with Crippen LogP contribution in [0, 0.1) is 11.3 Å². The van der Waals surface area contributed by atoms with Crippen LogP contribution in [0.15, 0.2) is 41.3 Å². The summed E-state index contributed by atoms with van der Waals surface area (Å²) in [5, 5.41) is 29.4. The lowest BCUT2D eigenvalue weighted by Crippen LogP contribution is -2.34. The largest absolute Gasteiger partial charge is 0.394 e. The Bertz CT molecular complexity index is 1040. The Kier molecular flexibility index (Phi) is 6.87. The van der Waals surface area contributed by atoms with Crippen LogP contribution in [-0.4, -0.2) is 51.0 Å². The second-order valence-electron chi connectivity index (χ2n) is 7.15. The quantitative estimate of drug-likeness (QED) is 0.596. The van der Waals surface area contributed by atoms with Crippen molar-refractivity contribution >= 4 is 32.6 Å². The molecule has 3 N–H and O–H groups in total. The summed E-state index contributed by atoms with van der Waals surface area (Å²) in [5.41, 5.74) is 1.78. The van der Waals surface area contributed by atoms with Crippen LogP contribution in [0.5, 0.6) is 0 Å². The predicted molar refractivity (Wildman–Crippen MR) is 114 cm³/mol. The summed E-state index contributed by atoms with van der Waals surface area (Å²) >= 11 is 0. The first-order valence-corrected chi connectivity index (χ1v) is 11.1. The standard InChI is InChI=1S/C21H25N3O4S/c22-13-21(29(27,28)23-14-20(26)15-25)11-16-4-5-18-12-19(7-6-17(18)10-16)24-8-2-1-3-9-24/h4-7,10-12,20,23,25-26H,1-3,8-9,14-15H2/b21-11+. The van der Waals surface area contributed by atoms with E-state index in [1.165, 1.54) is 31.0 Å². The van der Waals surface area contributed by atoms with Gasteiger partial charge in [-0.1, -0.05) is 18.2 Å². The maximum Gasteiger partial charge on any atom is 0.250 e. The number of anilines is 1. The lowest BCUT2D eigenvalue weighted by molar-refractivity contribution is 0.0989. The van der Waals surface area contributed by atoms with E-state index < -0.39 is 27.6 Å². The van der Waals surface area contributed by atoms with Crippen molar-refractivity contribution in [3.63, 3.8) is 0 Å². The van der Waals surface area contributed by atoms with E-state index in [9.17, 15) is 18.8 Å². The van der Waals surface area contributed by atoms with Crippen molar-refractivity contribution in [1.29, 1.82) is 5.26 Å². The highest BCUT2D eigenvalue weighted by molar-refractivity contribution is 7.93. The third-order valence-corrected chi connectivity index (χ3v) is 6.32. The summed E-state index contributed by atoms with van der Waals surface area (Å²) in [7, 11) is -4.08. The number of nitrogens with one attached hydrogen (secondary N) is 1. The van der Waals surface area contributed by atoms with Gasteiger partial charge in [0.15, 0.2) is 4.91 Å². The molecule has 0 saturated carbocycles. The van der Waals surface area contributed by atoms with Gasteiger partial charge >= 0.3 is 0 Å². The monoisotopic (exact) mass is 415 g/mol. The van der Waals surface area contributed by atoms with Crippen LogP contribution in [-0.2, 0) is 10.0 Å². The summed E-state index contributed by atoms with van der Waals surface area (Å²) in [6.45, 7) is 1.19. The number of sulfonamides is 1. The Morgan fingerprint density at radius 1 is 1.17 bits per heavy atom. The number of fused-ring (bicyclic) bond motifs is 1. The van der Waals surface area contributed by atoms with Crippen LogP contribution in [0.4, 0.5) is 5.69 Å². The van der Waals surface area contributed by atoms with Crippen LogP contribution in [0.3, 0.4) is 0 Å². The number of nitriles is 1. The molecule has 29 heavy (non-hydrogen) atoms. The molecule has 1 unspecified atom stereocenters. The fourth-order valence-electron chi connectivity index (χ4n) is 3.36. The second-order valence-corrected chi connectivity index (χ2v) is 8.88. The molecule has 1 aliphatic heterocycles. The minimum atomic E-state index is -4.08. The zero-order valence-corrected chi connectivity index (χ0v) is 16.9. The fourth-order valence-corrected chi connectivity index (χ4v) is 4.34. The molecule has 1 heterocycles. The normalized spacial score (nSPS) is 16.6. The summed E-state index contributed by atoms with van der Waals surface area (Å²) in [6, 6.07) is 13.4. The first-order chi connectivity index (χ1) is 13.9. The van der Waals surface area contributed by atoms with Crippen molar-refractivity contribution in [3.05, 3.63) is 46.9 Å². The Balaban J connectivity index is 1.84. The molecule has 0 amide bonds. The van der Waals surface area contributed by atoms with Crippen molar-refractivity contribution < 1.29 is 18.6 Å². The van der Waals surface area contributed by atoms with Crippen molar-refractivity contribution in [2.24, 2.45) is 0 Å². The number of hydrogen-bond acceptors (Lipinski definition) is 6. The average Bonchev–Trinajstić information content (AvgIpc) is 2.75. The van der Waals surface area contributed by atoms with Gasteiger partial charge in [-0.2, -0.15) is 5.26 Å². The number of rotatable bonds is 7. The average molecular weight is 416 g/mol. The van der Waals surface area contributed by atoms with Crippen molar-refractivity contribution in [3.8, 4) is 6.07 Å². The SMILES string of the molecule is N#C/C(=C\c1ccc2cc(N3CCCCC3)ccc2c1)S(=O)(=O)NCC(O)CO. The maximum absolute atomic E-state index is 12.3. The number of allylic oxidation sites excluding steroid dienone is 1. The minimum Gasteiger partial charge on any atom is -0.394 e. The molecule has 1 fully saturated rings. The Morgan fingerprint density at radius 2 is 1.86 bits per heavy atom. The molecule has 8 heteroatoms. The van der Waals surface area contributed by atoms with Gasteiger partial charge in [0, 0.05) is 25.3 Å². The molecule has 2 aromatic rings. The van der Waals surface area contributed by atoms with E-state index in [1.54, 1.807) is 12.1 Å². The molecule has 3 rings (SSSR count). The lowest BCUT2D eigenvalue weighted by atomic mass is 10.0. The van der Waals surface area contributed by atoms with Gasteiger partial charge in [-0.15, -0.1) is 0 Å². The van der Waals surface area contributed by atoms with Gasteiger partial charge in [0.2, 0.25) is 0 Å². The first-order valence-electron chi connectivity index (χ1n) is 9.62. The molecule has 154 valence electrons. The first kappa shape index (κ1) is 21.3. The molecule has 0 aromatic heterocycles. The molecule has 0 bridgehead atoms. The molecular weight excluding hydrogens is 390 g/mol. The Morgan fingerprint density at radius 3 is 2.55 bits per heavy atom. The number of benzene rings is 2. The summed E-state index contributed by atoms with van der Waals surface area (Å²) in [4.78, 5) is 1.93. The van der Waals surface area contributed by atoms with Gasteiger partial charge in [0.1, 0.15) is 6.07 Å². The molecule has 7 nitrogen and oxygen atoms in total. The highest BCUT2D eigenvalue weighted by Crippen LogP contribution is 2.26. The lowest BCUT2D eigenvalue weighted by Gasteiger charge is -2.29. The summed E-state index contributed by atoms with van der Waals surface area (Å²) < 4.78 is 26.7. The van der Waals surface area contributed by atoms with E-state index in [4.69, 9.17) is 5.11 Å². The van der Waals surface area contributed by atoms with E-state index >= 15 is 0 Å². The van der Waals surface area contributed by atoms with Gasteiger partial charge in [0.05, 0.1) is 12.7 Å². The van der Waals surface area contributed by atoms with Crippen LogP contribution < -0.4 is 9.62 Å². The number of nitrogens with zero attached hydrogens (tertiary/aromatic N) is 2. The highest BCUT2D eigenvalue weighted by atomic mass is 32.2. The number of piperidine rings is 1. The maximum atomic E-state index is 12.3. The van der Waals surface area contributed by atoms with E-state index in [0.29, 0.717) is 5.56 Å². The Hall–Kier alpha value is -2.44. The fraction of sp³-hybridized carbons (Fsp3) is 0.381. The van der Waals surface area contributed by atoms with E-state index in [0.717, 1.165) is 23.9 Å². The van der Waals surface area contributed by atoms with E-state index in [1.807, 2.05) is 18.2 Å². The molecule has 1 atom stereocenters. The third kappa shape index (κ3) is 5.34. The van der Waals surface area contributed by atoms with E-state index in [-0.39, 0.29) is 6.54 Å². The van der Waals surface area contributed by atoms with Crippen LogP contribution in [0.2, 0.25) is 0 Å². The zero-order valence-electron chi connectivity index (χ0n) is 16.1. The molecule has 0 aliphatic carbocycles. The van der Waals surface area contributed by atoms with E-state index in [2.05, 4.69) is 21.8 Å². The van der Waals surface area contributed by atoms with Gasteiger partial charge in [0.25, 0.3) is 10.0 Å². The summed E-state index contributed by atoms with van der Waals surface area (Å²) in [6.07, 6.45) is 3.76. The third-order valence-electron chi connectivity index (χ3n) is 4.99. The molecule has 1 aliphatic rings. The van der Waals surface area contributed by atoms with Crippen molar-refractivity contribution in [1.82, 2.24) is 4.72 Å². The van der Waals surface area contributed by atoms with Gasteiger partial charge < -0.3 is 15.1 Å². The zero-order chi connectivity index (χ0) is 20.9. The molecular formula is C21H25N3O4S. The van der Waals surface area contributed by atoms with Crippen LogP contribution >= 0.6 is 0 Å². The van der Waals surface area contributed by atoms with Gasteiger partial charge in [-0.25, -0.2) is 13.1 Å². The highest BCUT2D eigenvalue weighted by Gasteiger charge is 2.19. The topological polar surface area (TPSA) is 114 Å². The number of aliphatic hydroxyl groups is 2. The second kappa shape index (κ2) is 9.37. The molecule has 0 radical (unpaired) electrons. The Labute approximate surface area is 170 Å². The minimum absolute atomic E-state index is 0.366. The molecule has 0 spiro atoms. The van der Waals surface area contributed by atoms with Crippen LogP contribution in [0.1, 0.15) is 24.8 Å². The predicted octanol–water partition coefficient (Wildman–Crippen LogP) is 1.97. The van der Waals surface area contributed by atoms with Crippen molar-refractivity contribution in [2.45, 2.75) is 25.4 Å². The van der Waals surface area contributed by atoms with Crippen LogP contribution in [0.25, 0.3) is 16.8 Å². The van der Waals surface area contributed by atoms with Crippen molar-refractivity contribution in [2.75, 3.05) is 31.1 Å². The van der Waals surface area contributed by atoms with Gasteiger partial charge in [-0.05, 0) is 59.9 Å². The smallest absolute Gasteiger partial charge is 0.250 e.